The van der Waals surface area contributed by atoms with Crippen LogP contribution in [0.4, 0.5) is 5.13 Å². The Kier molecular flexibility index (Phi) is 6.43. The number of anilines is 1. The van der Waals surface area contributed by atoms with Gasteiger partial charge in [0.1, 0.15) is 0 Å². The summed E-state index contributed by atoms with van der Waals surface area (Å²) in [5, 5.41) is 12.6. The van der Waals surface area contributed by atoms with E-state index in [1.165, 1.54) is 18.3 Å². The Balaban J connectivity index is 1.57. The molecule has 152 valence electrons. The summed E-state index contributed by atoms with van der Waals surface area (Å²) in [6.45, 7) is 5.99. The predicted molar refractivity (Wildman–Crippen MR) is 115 cm³/mol. The first-order valence-electron chi connectivity index (χ1n) is 9.41. The Hall–Kier alpha value is -3.00. The molecule has 0 saturated heterocycles. The normalized spacial score (nSPS) is 10.8. The molecule has 0 fully saturated rings. The third-order valence-corrected chi connectivity index (χ3v) is 5.56. The highest BCUT2D eigenvalue weighted by molar-refractivity contribution is 7.14. The van der Waals surface area contributed by atoms with Crippen LogP contribution in [0.5, 0.6) is 0 Å². The van der Waals surface area contributed by atoms with Crippen molar-refractivity contribution in [3.63, 3.8) is 0 Å². The van der Waals surface area contributed by atoms with Gasteiger partial charge >= 0.3 is 0 Å². The molecule has 2 N–H and O–H groups in total. The minimum Gasteiger partial charge on any atom is -0.352 e. The van der Waals surface area contributed by atoms with E-state index in [0.717, 1.165) is 33.8 Å². The van der Waals surface area contributed by atoms with Crippen LogP contribution in [-0.2, 0) is 29.6 Å². The second-order valence-electron chi connectivity index (χ2n) is 6.97. The lowest BCUT2D eigenvalue weighted by molar-refractivity contribution is -0.119. The summed E-state index contributed by atoms with van der Waals surface area (Å²) in [7, 11) is 1.91. The first kappa shape index (κ1) is 20.7. The lowest BCUT2D eigenvalue weighted by atomic mass is 10.1. The fraction of sp³-hybridized carbons (Fsp3) is 0.333. The van der Waals surface area contributed by atoms with Crippen LogP contribution < -0.4 is 10.6 Å². The molecular formula is C21H25N5O2S. The fourth-order valence-electron chi connectivity index (χ4n) is 3.08. The van der Waals surface area contributed by atoms with Crippen LogP contribution in [0.2, 0.25) is 0 Å². The SMILES string of the molecule is CC(=O)NCc1ccc(-c2csc(NC(=O)CCc3c(C)nn(C)c3C)n2)cc1. The quantitative estimate of drug-likeness (QED) is 0.624. The molecule has 0 aliphatic carbocycles. The van der Waals surface area contributed by atoms with Crippen LogP contribution in [0.25, 0.3) is 11.3 Å². The highest BCUT2D eigenvalue weighted by atomic mass is 32.1. The topological polar surface area (TPSA) is 88.9 Å². The van der Waals surface area contributed by atoms with Gasteiger partial charge in [-0.25, -0.2) is 4.98 Å². The van der Waals surface area contributed by atoms with E-state index < -0.39 is 0 Å². The molecule has 3 rings (SSSR count). The van der Waals surface area contributed by atoms with Crippen LogP contribution in [0.15, 0.2) is 29.6 Å². The maximum absolute atomic E-state index is 12.3. The Morgan fingerprint density at radius 1 is 1.17 bits per heavy atom. The molecule has 0 aliphatic heterocycles. The van der Waals surface area contributed by atoms with Crippen molar-refractivity contribution < 1.29 is 9.59 Å². The number of nitrogens with zero attached hydrogens (tertiary/aromatic N) is 3. The van der Waals surface area contributed by atoms with Gasteiger partial charge in [0, 0.05) is 43.6 Å². The molecule has 1 aromatic carbocycles. The number of hydrogen-bond acceptors (Lipinski definition) is 5. The van der Waals surface area contributed by atoms with E-state index in [0.29, 0.717) is 24.5 Å². The van der Waals surface area contributed by atoms with Crippen LogP contribution in [-0.4, -0.2) is 26.6 Å². The standard InChI is InChI=1S/C21H25N5O2S/c1-13-18(14(2)26(4)25-13)9-10-20(28)24-21-23-19(12-29-21)17-7-5-16(6-8-17)11-22-15(3)27/h5-8,12H,9-11H2,1-4H3,(H,22,27)(H,23,24,28). The van der Waals surface area contributed by atoms with Crippen molar-refractivity contribution in [3.05, 3.63) is 52.2 Å². The zero-order chi connectivity index (χ0) is 21.0. The maximum atomic E-state index is 12.3. The third kappa shape index (κ3) is 5.29. The van der Waals surface area contributed by atoms with Gasteiger partial charge in [-0.05, 0) is 31.4 Å². The third-order valence-electron chi connectivity index (χ3n) is 4.80. The largest absolute Gasteiger partial charge is 0.352 e. The molecule has 29 heavy (non-hydrogen) atoms. The van der Waals surface area contributed by atoms with Crippen LogP contribution in [0, 0.1) is 13.8 Å². The van der Waals surface area contributed by atoms with E-state index in [-0.39, 0.29) is 11.8 Å². The highest BCUT2D eigenvalue weighted by Crippen LogP contribution is 2.25. The summed E-state index contributed by atoms with van der Waals surface area (Å²) >= 11 is 1.41. The van der Waals surface area contributed by atoms with Crippen molar-refractivity contribution in [2.45, 2.75) is 40.2 Å². The number of carbonyl (C=O) groups is 2. The number of benzene rings is 1. The molecule has 0 atom stereocenters. The average Bonchev–Trinajstić information content (AvgIpc) is 3.23. The average molecular weight is 412 g/mol. The Morgan fingerprint density at radius 3 is 2.52 bits per heavy atom. The first-order valence-corrected chi connectivity index (χ1v) is 10.3. The Bertz CT molecular complexity index is 1020. The monoisotopic (exact) mass is 411 g/mol. The van der Waals surface area contributed by atoms with Gasteiger partial charge in [-0.2, -0.15) is 5.10 Å². The smallest absolute Gasteiger partial charge is 0.226 e. The molecule has 2 aromatic heterocycles. The van der Waals surface area contributed by atoms with E-state index in [4.69, 9.17) is 0 Å². The van der Waals surface area contributed by atoms with Crippen molar-refractivity contribution >= 4 is 28.3 Å². The summed E-state index contributed by atoms with van der Waals surface area (Å²) in [5.41, 5.74) is 5.99. The molecule has 3 aromatic rings. The van der Waals surface area contributed by atoms with Crippen molar-refractivity contribution in [2.75, 3.05) is 5.32 Å². The maximum Gasteiger partial charge on any atom is 0.226 e. The highest BCUT2D eigenvalue weighted by Gasteiger charge is 2.13. The molecule has 2 heterocycles. The van der Waals surface area contributed by atoms with E-state index in [1.54, 1.807) is 0 Å². The summed E-state index contributed by atoms with van der Waals surface area (Å²) < 4.78 is 1.84. The van der Waals surface area contributed by atoms with E-state index in [2.05, 4.69) is 20.7 Å². The van der Waals surface area contributed by atoms with Gasteiger partial charge in [0.25, 0.3) is 0 Å². The number of nitrogens with one attached hydrogen (secondary N) is 2. The van der Waals surface area contributed by atoms with Gasteiger partial charge in [0.2, 0.25) is 11.8 Å². The molecule has 8 heteroatoms. The van der Waals surface area contributed by atoms with Gasteiger partial charge in [-0.15, -0.1) is 11.3 Å². The molecule has 0 aliphatic rings. The Labute approximate surface area is 174 Å². The van der Waals surface area contributed by atoms with E-state index >= 15 is 0 Å². The van der Waals surface area contributed by atoms with Gasteiger partial charge in [0.15, 0.2) is 5.13 Å². The Morgan fingerprint density at radius 2 is 1.90 bits per heavy atom. The molecule has 0 spiro atoms. The van der Waals surface area contributed by atoms with Crippen molar-refractivity contribution in [1.29, 1.82) is 0 Å². The van der Waals surface area contributed by atoms with E-state index in [1.807, 2.05) is 55.2 Å². The van der Waals surface area contributed by atoms with Crippen molar-refractivity contribution in [1.82, 2.24) is 20.1 Å². The van der Waals surface area contributed by atoms with Gasteiger partial charge in [-0.1, -0.05) is 24.3 Å². The number of thiazole rings is 1. The fourth-order valence-corrected chi connectivity index (χ4v) is 3.82. The first-order chi connectivity index (χ1) is 13.8. The summed E-state index contributed by atoms with van der Waals surface area (Å²) in [4.78, 5) is 27.8. The summed E-state index contributed by atoms with van der Waals surface area (Å²) in [5.74, 6) is -0.109. The number of hydrogen-bond donors (Lipinski definition) is 2. The van der Waals surface area contributed by atoms with Gasteiger partial charge in [0.05, 0.1) is 11.4 Å². The van der Waals surface area contributed by atoms with Crippen molar-refractivity contribution in [2.24, 2.45) is 7.05 Å². The summed E-state index contributed by atoms with van der Waals surface area (Å²) in [6, 6.07) is 7.85. The minimum absolute atomic E-state index is 0.0530. The predicted octanol–water partition coefficient (Wildman–Crippen LogP) is 3.37. The molecule has 0 saturated carbocycles. The molecule has 0 unspecified atom stereocenters. The van der Waals surface area contributed by atoms with Gasteiger partial charge < -0.3 is 10.6 Å². The zero-order valence-corrected chi connectivity index (χ0v) is 17.9. The number of amides is 2. The molecular weight excluding hydrogens is 386 g/mol. The van der Waals surface area contributed by atoms with Crippen LogP contribution in [0.3, 0.4) is 0 Å². The lowest BCUT2D eigenvalue weighted by Crippen LogP contribution is -2.18. The van der Waals surface area contributed by atoms with Gasteiger partial charge in [-0.3, -0.25) is 14.3 Å². The number of carbonyl (C=O) groups excluding carboxylic acids is 2. The molecule has 7 nitrogen and oxygen atoms in total. The van der Waals surface area contributed by atoms with E-state index in [9.17, 15) is 9.59 Å². The zero-order valence-electron chi connectivity index (χ0n) is 17.1. The van der Waals surface area contributed by atoms with Crippen LogP contribution >= 0.6 is 11.3 Å². The van der Waals surface area contributed by atoms with Crippen LogP contribution in [0.1, 0.15) is 35.9 Å². The molecule has 0 bridgehead atoms. The molecule has 2 amide bonds. The number of aromatic nitrogens is 3. The second kappa shape index (κ2) is 9.00. The number of rotatable bonds is 7. The van der Waals surface area contributed by atoms with Crippen molar-refractivity contribution in [3.8, 4) is 11.3 Å². The number of aryl methyl sites for hydroxylation is 2. The molecule has 0 radical (unpaired) electrons. The summed E-state index contributed by atoms with van der Waals surface area (Å²) in [6.07, 6.45) is 1.05. The lowest BCUT2D eigenvalue weighted by Gasteiger charge is -2.04. The second-order valence-corrected chi connectivity index (χ2v) is 7.82. The minimum atomic E-state index is -0.0563.